The quantitative estimate of drug-likeness (QED) is 0.622. The maximum Gasteiger partial charge on any atom is 0.363 e. The van der Waals surface area contributed by atoms with Gasteiger partial charge in [-0.15, -0.1) is 0 Å². The van der Waals surface area contributed by atoms with Crippen molar-refractivity contribution in [1.82, 2.24) is 4.98 Å². The first-order valence-electron chi connectivity index (χ1n) is 7.67. The summed E-state index contributed by atoms with van der Waals surface area (Å²) in [5, 5.41) is 0. The molecule has 1 saturated heterocycles. The van der Waals surface area contributed by atoms with E-state index in [2.05, 4.69) is 14.9 Å². The minimum absolute atomic E-state index is 0.275. The summed E-state index contributed by atoms with van der Waals surface area (Å²) in [5.41, 5.74) is 0.915. The van der Waals surface area contributed by atoms with Gasteiger partial charge in [-0.2, -0.15) is 0 Å². The van der Waals surface area contributed by atoms with E-state index in [4.69, 9.17) is 4.74 Å². The Morgan fingerprint density at radius 3 is 2.50 bits per heavy atom. The number of hydrogen-bond donors (Lipinski definition) is 0. The summed E-state index contributed by atoms with van der Waals surface area (Å²) < 4.78 is 5.23. The molecule has 3 rings (SSSR count). The van der Waals surface area contributed by atoms with Crippen LogP contribution < -0.4 is 4.90 Å². The third kappa shape index (κ3) is 3.03. The molecule has 0 spiro atoms. The maximum atomic E-state index is 11.9. The van der Waals surface area contributed by atoms with Gasteiger partial charge in [0.2, 0.25) is 5.90 Å². The lowest BCUT2D eigenvalue weighted by atomic mass is 9.97. The van der Waals surface area contributed by atoms with Gasteiger partial charge in [-0.1, -0.05) is 20.8 Å². The van der Waals surface area contributed by atoms with Crippen molar-refractivity contribution in [3.8, 4) is 0 Å². The van der Waals surface area contributed by atoms with Gasteiger partial charge in [0.15, 0.2) is 5.70 Å². The summed E-state index contributed by atoms with van der Waals surface area (Å²) in [6.45, 7) is 8.04. The molecule has 0 saturated carbocycles. The molecule has 2 aliphatic rings. The van der Waals surface area contributed by atoms with Gasteiger partial charge >= 0.3 is 5.97 Å². The molecule has 116 valence electrons. The number of esters is 1. The molecule has 3 heterocycles. The predicted octanol–water partition coefficient (Wildman–Crippen LogP) is 3.02. The Morgan fingerprint density at radius 2 is 1.95 bits per heavy atom. The van der Waals surface area contributed by atoms with Crippen molar-refractivity contribution in [3.05, 3.63) is 29.6 Å². The van der Waals surface area contributed by atoms with E-state index in [0.29, 0.717) is 11.6 Å². The molecule has 0 amide bonds. The lowest BCUT2D eigenvalue weighted by molar-refractivity contribution is -0.130. The first-order valence-corrected chi connectivity index (χ1v) is 7.67. The van der Waals surface area contributed by atoms with Gasteiger partial charge in [0.1, 0.15) is 5.82 Å². The highest BCUT2D eigenvalue weighted by Crippen LogP contribution is 2.26. The second-order valence-corrected chi connectivity index (χ2v) is 6.73. The molecule has 0 radical (unpaired) electrons. The fourth-order valence-electron chi connectivity index (χ4n) is 2.50. The normalized spacial score (nSPS) is 20.5. The molecule has 0 N–H and O–H groups in total. The van der Waals surface area contributed by atoms with Crippen LogP contribution >= 0.6 is 0 Å². The molecule has 0 aliphatic carbocycles. The van der Waals surface area contributed by atoms with E-state index < -0.39 is 5.97 Å². The number of pyridine rings is 1. The number of rotatable bonds is 2. The molecule has 0 bridgehead atoms. The Morgan fingerprint density at radius 1 is 1.23 bits per heavy atom. The Bertz CT molecular complexity index is 633. The first kappa shape index (κ1) is 14.8. The van der Waals surface area contributed by atoms with Crippen LogP contribution in [0.2, 0.25) is 0 Å². The Hall–Kier alpha value is -2.17. The van der Waals surface area contributed by atoms with E-state index in [-0.39, 0.29) is 5.41 Å². The topological polar surface area (TPSA) is 54.8 Å². The van der Waals surface area contributed by atoms with Gasteiger partial charge in [0.25, 0.3) is 0 Å². The SMILES string of the molecule is CC(C)(C)C1=N/C(=C\c2ccc(N3CCCC3)nc2)C(=O)O1. The van der Waals surface area contributed by atoms with Crippen LogP contribution in [0.25, 0.3) is 6.08 Å². The first-order chi connectivity index (χ1) is 10.4. The van der Waals surface area contributed by atoms with Crippen LogP contribution in [0.4, 0.5) is 5.82 Å². The molecule has 1 fully saturated rings. The van der Waals surface area contributed by atoms with Gasteiger partial charge in [-0.25, -0.2) is 14.8 Å². The van der Waals surface area contributed by atoms with Crippen LogP contribution in [0.5, 0.6) is 0 Å². The van der Waals surface area contributed by atoms with Crippen LogP contribution in [-0.4, -0.2) is 29.9 Å². The van der Waals surface area contributed by atoms with Crippen LogP contribution in [0.3, 0.4) is 0 Å². The number of cyclic esters (lactones) is 1. The third-order valence-electron chi connectivity index (χ3n) is 3.77. The van der Waals surface area contributed by atoms with Crippen molar-refractivity contribution in [2.45, 2.75) is 33.6 Å². The lowest BCUT2D eigenvalue weighted by Gasteiger charge is -2.15. The van der Waals surface area contributed by atoms with Gasteiger partial charge in [0, 0.05) is 24.7 Å². The molecule has 22 heavy (non-hydrogen) atoms. The zero-order valence-electron chi connectivity index (χ0n) is 13.3. The molecular formula is C17H21N3O2. The summed E-state index contributed by atoms with van der Waals surface area (Å²) in [5.74, 6) is 1.06. The maximum absolute atomic E-state index is 11.9. The number of anilines is 1. The van der Waals surface area contributed by atoms with Crippen LogP contribution in [-0.2, 0) is 9.53 Å². The predicted molar refractivity (Wildman–Crippen MR) is 86.6 cm³/mol. The van der Waals surface area contributed by atoms with Crippen molar-refractivity contribution in [2.75, 3.05) is 18.0 Å². The number of aromatic nitrogens is 1. The minimum Gasteiger partial charge on any atom is -0.406 e. The smallest absolute Gasteiger partial charge is 0.363 e. The summed E-state index contributed by atoms with van der Waals surface area (Å²) in [4.78, 5) is 22.9. The Labute approximate surface area is 130 Å². The largest absolute Gasteiger partial charge is 0.406 e. The summed E-state index contributed by atoms with van der Waals surface area (Å²) in [6.07, 6.45) is 5.95. The number of hydrogen-bond acceptors (Lipinski definition) is 5. The van der Waals surface area contributed by atoms with E-state index in [1.807, 2.05) is 32.9 Å². The lowest BCUT2D eigenvalue weighted by Crippen LogP contribution is -2.21. The summed E-state index contributed by atoms with van der Waals surface area (Å²) in [6, 6.07) is 3.96. The third-order valence-corrected chi connectivity index (χ3v) is 3.77. The molecule has 0 atom stereocenters. The number of nitrogens with zero attached hydrogens (tertiary/aromatic N) is 3. The van der Waals surface area contributed by atoms with Gasteiger partial charge in [0.05, 0.1) is 0 Å². The van der Waals surface area contributed by atoms with Crippen molar-refractivity contribution in [2.24, 2.45) is 10.4 Å². The van der Waals surface area contributed by atoms with Crippen LogP contribution in [0, 0.1) is 5.41 Å². The highest BCUT2D eigenvalue weighted by Gasteiger charge is 2.31. The van der Waals surface area contributed by atoms with Crippen molar-refractivity contribution in [1.29, 1.82) is 0 Å². The second-order valence-electron chi connectivity index (χ2n) is 6.73. The standard InChI is InChI=1S/C17H21N3O2/c1-17(2,3)16-19-13(15(21)22-16)10-12-6-7-14(18-11-12)20-8-4-5-9-20/h6-7,10-11H,4-5,8-9H2,1-3H3/b13-10-. The van der Waals surface area contributed by atoms with E-state index in [1.54, 1.807) is 12.3 Å². The highest BCUT2D eigenvalue weighted by molar-refractivity contribution is 6.08. The number of carbonyl (C=O) groups is 1. The van der Waals surface area contributed by atoms with Crippen molar-refractivity contribution < 1.29 is 9.53 Å². The average molecular weight is 299 g/mol. The van der Waals surface area contributed by atoms with Crippen LogP contribution in [0.1, 0.15) is 39.2 Å². The van der Waals surface area contributed by atoms with E-state index in [0.717, 1.165) is 24.5 Å². The fraction of sp³-hybridized carbons (Fsp3) is 0.471. The van der Waals surface area contributed by atoms with Gasteiger partial charge in [-0.3, -0.25) is 0 Å². The zero-order chi connectivity index (χ0) is 15.7. The zero-order valence-corrected chi connectivity index (χ0v) is 13.3. The summed E-state index contributed by atoms with van der Waals surface area (Å²) >= 11 is 0. The highest BCUT2D eigenvalue weighted by atomic mass is 16.6. The molecule has 1 aromatic heterocycles. The molecule has 2 aliphatic heterocycles. The number of aliphatic imine (C=N–C) groups is 1. The molecule has 5 nitrogen and oxygen atoms in total. The molecule has 5 heteroatoms. The van der Waals surface area contributed by atoms with Crippen molar-refractivity contribution in [3.63, 3.8) is 0 Å². The van der Waals surface area contributed by atoms with E-state index >= 15 is 0 Å². The monoisotopic (exact) mass is 299 g/mol. The minimum atomic E-state index is -0.395. The van der Waals surface area contributed by atoms with Gasteiger partial charge < -0.3 is 9.64 Å². The van der Waals surface area contributed by atoms with Gasteiger partial charge in [-0.05, 0) is 36.6 Å². The van der Waals surface area contributed by atoms with Crippen molar-refractivity contribution >= 4 is 23.8 Å². The number of ether oxygens (including phenoxy) is 1. The molecule has 0 unspecified atom stereocenters. The van der Waals surface area contributed by atoms with E-state index in [1.165, 1.54) is 12.8 Å². The molecular weight excluding hydrogens is 278 g/mol. The second kappa shape index (κ2) is 5.55. The fourth-order valence-corrected chi connectivity index (χ4v) is 2.50. The Kier molecular flexibility index (Phi) is 3.72. The molecule has 1 aromatic rings. The molecule has 0 aromatic carbocycles. The van der Waals surface area contributed by atoms with Crippen LogP contribution in [0.15, 0.2) is 29.0 Å². The average Bonchev–Trinajstić information content (AvgIpc) is 3.10. The number of carbonyl (C=O) groups excluding carboxylic acids is 1. The summed E-state index contributed by atoms with van der Waals surface area (Å²) in [7, 11) is 0. The Balaban J connectivity index is 1.80. The van der Waals surface area contributed by atoms with E-state index in [9.17, 15) is 4.79 Å².